The molecule has 2 fully saturated rings. The van der Waals surface area contributed by atoms with Crippen molar-refractivity contribution in [1.29, 1.82) is 0 Å². The summed E-state index contributed by atoms with van der Waals surface area (Å²) in [6.07, 6.45) is 7.16. The van der Waals surface area contributed by atoms with Gasteiger partial charge in [0.1, 0.15) is 5.60 Å². The molecule has 2 heterocycles. The molecule has 0 bridgehead atoms. The summed E-state index contributed by atoms with van der Waals surface area (Å²) in [7, 11) is 0. The van der Waals surface area contributed by atoms with E-state index in [4.69, 9.17) is 4.74 Å². The van der Waals surface area contributed by atoms with Crippen LogP contribution in [0.15, 0.2) is 22.8 Å². The van der Waals surface area contributed by atoms with Gasteiger partial charge in [-0.25, -0.2) is 8.72 Å². The van der Waals surface area contributed by atoms with Gasteiger partial charge in [0, 0.05) is 23.7 Å². The van der Waals surface area contributed by atoms with Gasteiger partial charge in [-0.3, -0.25) is 9.59 Å². The zero-order chi connectivity index (χ0) is 22.8. The highest BCUT2D eigenvalue weighted by Gasteiger charge is 2.26. The van der Waals surface area contributed by atoms with E-state index in [-0.39, 0.29) is 17.8 Å². The number of rotatable bonds is 2. The van der Waals surface area contributed by atoms with Gasteiger partial charge in [-0.05, 0) is 73.2 Å². The Bertz CT molecular complexity index is 971. The van der Waals surface area contributed by atoms with Crippen LogP contribution in [0, 0.1) is 0 Å². The van der Waals surface area contributed by atoms with Crippen LogP contribution in [0.25, 0.3) is 10.9 Å². The molecule has 1 aliphatic heterocycles. The molecule has 0 radical (unpaired) electrons. The number of hydrogen-bond donors (Lipinski definition) is 1. The first-order valence-electron chi connectivity index (χ1n) is 10.6. The fraction of sp³-hybridized carbons (Fsp3) is 0.522. The lowest BCUT2D eigenvalue weighted by Gasteiger charge is -2.22. The number of ether oxygens (including phenoxy) is 1. The molecule has 31 heavy (non-hydrogen) atoms. The minimum Gasteiger partial charge on any atom is -0.456 e. The predicted molar refractivity (Wildman–Crippen MR) is 127 cm³/mol. The molecule has 8 heteroatoms. The van der Waals surface area contributed by atoms with Crippen LogP contribution in [0.2, 0.25) is 0 Å². The van der Waals surface area contributed by atoms with Crippen molar-refractivity contribution in [2.75, 3.05) is 0 Å². The number of carbonyl (C=O) groups is 3. The minimum atomic E-state index is -0.477. The van der Waals surface area contributed by atoms with Crippen LogP contribution in [-0.4, -0.2) is 32.3 Å². The largest absolute Gasteiger partial charge is 0.456 e. The van der Waals surface area contributed by atoms with Crippen LogP contribution in [-0.2, 0) is 14.3 Å². The summed E-state index contributed by atoms with van der Waals surface area (Å²) in [5.74, 6) is 0.0496. The van der Waals surface area contributed by atoms with Crippen molar-refractivity contribution in [3.8, 4) is 0 Å². The molecule has 6 nitrogen and oxygen atoms in total. The summed E-state index contributed by atoms with van der Waals surface area (Å²) in [6, 6.07) is 5.84. The number of hydrogen-bond acceptors (Lipinski definition) is 4. The van der Waals surface area contributed by atoms with Gasteiger partial charge >= 0.3 is 5.97 Å². The van der Waals surface area contributed by atoms with Crippen LogP contribution in [0.5, 0.6) is 0 Å². The molecule has 2 aliphatic rings. The van der Waals surface area contributed by atoms with E-state index in [1.54, 1.807) is 0 Å². The second kappa shape index (κ2) is 9.86. The maximum atomic E-state index is 12.2. The summed E-state index contributed by atoms with van der Waals surface area (Å²) in [6.45, 7) is 5.65. The molecule has 1 aromatic heterocycles. The van der Waals surface area contributed by atoms with Gasteiger partial charge in [0.2, 0.25) is 11.8 Å². The number of nitrogens with one attached hydrogen (secondary N) is 1. The number of carbonyl (C=O) groups excluding carboxylic acids is 3. The molecule has 2 aromatic rings. The van der Waals surface area contributed by atoms with Gasteiger partial charge in [0.25, 0.3) is 0 Å². The SMILES string of the molecule is CC(C)(C)OC(=O)c1ccc2c(C3CCCCC3)c(Br)[nH]c2c1.O=C1CCC(=O)N1Br. The first-order chi connectivity index (χ1) is 14.6. The Hall–Kier alpha value is -1.67. The molecule has 2 amide bonds. The molecular weight excluding hydrogens is 528 g/mol. The number of fused-ring (bicyclic) bond motifs is 1. The molecule has 1 aliphatic carbocycles. The van der Waals surface area contributed by atoms with Gasteiger partial charge in [0.05, 0.1) is 26.3 Å². The Morgan fingerprint density at radius 3 is 2.23 bits per heavy atom. The third kappa shape index (κ3) is 5.98. The lowest BCUT2D eigenvalue weighted by molar-refractivity contribution is -0.131. The molecule has 0 unspecified atom stereocenters. The van der Waals surface area contributed by atoms with Crippen LogP contribution in [0.1, 0.15) is 87.6 Å². The van der Waals surface area contributed by atoms with Crippen molar-refractivity contribution >= 4 is 60.8 Å². The van der Waals surface area contributed by atoms with Crippen molar-refractivity contribution in [2.24, 2.45) is 0 Å². The van der Waals surface area contributed by atoms with E-state index >= 15 is 0 Å². The molecule has 1 saturated heterocycles. The van der Waals surface area contributed by atoms with Crippen molar-refractivity contribution in [2.45, 2.75) is 77.2 Å². The molecule has 168 valence electrons. The average Bonchev–Trinajstić information content (AvgIpc) is 3.20. The fourth-order valence-electron chi connectivity index (χ4n) is 3.99. The third-order valence-corrected chi connectivity index (χ3v) is 6.85. The standard InChI is InChI=1S/C19H24BrNO2.C4H4BrNO2/c1-19(2,3)23-18(22)13-9-10-14-15(11-13)21-17(20)16(14)12-7-5-4-6-8-12;5-6-3(7)1-2-4(6)8/h9-12,21H,4-8H2,1-3H3;1-2H2. The van der Waals surface area contributed by atoms with Crippen molar-refractivity contribution in [3.63, 3.8) is 0 Å². The first-order valence-corrected chi connectivity index (χ1v) is 12.1. The number of imide groups is 1. The van der Waals surface area contributed by atoms with Crippen LogP contribution < -0.4 is 0 Å². The summed E-state index contributed by atoms with van der Waals surface area (Å²) in [4.78, 5) is 36.5. The van der Waals surface area contributed by atoms with Gasteiger partial charge in [0.15, 0.2) is 0 Å². The summed E-state index contributed by atoms with van der Waals surface area (Å²) < 4.78 is 7.50. The minimum absolute atomic E-state index is 0.144. The second-order valence-corrected chi connectivity index (χ2v) is 10.5. The Labute approximate surface area is 199 Å². The van der Waals surface area contributed by atoms with E-state index in [0.29, 0.717) is 24.3 Å². The number of aromatic amines is 1. The molecule has 1 N–H and O–H groups in total. The van der Waals surface area contributed by atoms with E-state index < -0.39 is 5.60 Å². The summed E-state index contributed by atoms with van der Waals surface area (Å²) in [5.41, 5.74) is 2.49. The predicted octanol–water partition coefficient (Wildman–Crippen LogP) is 6.38. The number of benzene rings is 1. The van der Waals surface area contributed by atoms with Crippen LogP contribution in [0.4, 0.5) is 0 Å². The van der Waals surface area contributed by atoms with E-state index in [1.165, 1.54) is 43.1 Å². The molecule has 0 atom stereocenters. The smallest absolute Gasteiger partial charge is 0.338 e. The fourth-order valence-corrected chi connectivity index (χ4v) is 5.10. The van der Waals surface area contributed by atoms with Crippen molar-refractivity contribution in [1.82, 2.24) is 8.91 Å². The lowest BCUT2D eigenvalue weighted by atomic mass is 9.84. The number of aromatic nitrogens is 1. The number of H-pyrrole nitrogens is 1. The van der Waals surface area contributed by atoms with Crippen molar-refractivity contribution < 1.29 is 19.1 Å². The average molecular weight is 556 g/mol. The Balaban J connectivity index is 0.000000287. The number of halogens is 2. The zero-order valence-corrected chi connectivity index (χ0v) is 21.3. The first kappa shape index (κ1) is 24.0. The zero-order valence-electron chi connectivity index (χ0n) is 18.1. The van der Waals surface area contributed by atoms with Gasteiger partial charge in [-0.15, -0.1) is 0 Å². The molecule has 1 aromatic carbocycles. The maximum Gasteiger partial charge on any atom is 0.338 e. The lowest BCUT2D eigenvalue weighted by Crippen LogP contribution is -2.23. The van der Waals surface area contributed by atoms with E-state index in [0.717, 1.165) is 14.0 Å². The molecule has 4 rings (SSSR count). The Morgan fingerprint density at radius 1 is 1.10 bits per heavy atom. The Kier molecular flexibility index (Phi) is 7.63. The maximum absolute atomic E-state index is 12.2. The number of amides is 2. The van der Waals surface area contributed by atoms with E-state index in [9.17, 15) is 14.4 Å². The highest BCUT2D eigenvalue weighted by atomic mass is 79.9. The van der Waals surface area contributed by atoms with Gasteiger partial charge in [-0.1, -0.05) is 25.3 Å². The summed E-state index contributed by atoms with van der Waals surface area (Å²) in [5, 5.41) is 1.22. The third-order valence-electron chi connectivity index (χ3n) is 5.43. The van der Waals surface area contributed by atoms with E-state index in [2.05, 4.69) is 43.1 Å². The quantitative estimate of drug-likeness (QED) is 0.265. The second-order valence-electron chi connectivity index (χ2n) is 9.02. The monoisotopic (exact) mass is 554 g/mol. The highest BCUT2D eigenvalue weighted by Crippen LogP contribution is 2.40. The van der Waals surface area contributed by atoms with Crippen LogP contribution in [0.3, 0.4) is 0 Å². The van der Waals surface area contributed by atoms with Gasteiger partial charge in [-0.2, -0.15) is 0 Å². The highest BCUT2D eigenvalue weighted by molar-refractivity contribution is 9.10. The number of esters is 1. The molecule has 0 spiro atoms. The van der Waals surface area contributed by atoms with Crippen LogP contribution >= 0.6 is 32.1 Å². The molecular formula is C23H28Br2N2O4. The topological polar surface area (TPSA) is 79.5 Å². The summed E-state index contributed by atoms with van der Waals surface area (Å²) >= 11 is 6.49. The Morgan fingerprint density at radius 2 is 1.71 bits per heavy atom. The van der Waals surface area contributed by atoms with Gasteiger partial charge < -0.3 is 9.72 Å². The molecule has 1 saturated carbocycles. The van der Waals surface area contributed by atoms with E-state index in [1.807, 2.05) is 32.9 Å². The number of nitrogens with zero attached hydrogens (tertiary/aromatic N) is 1. The normalized spacial score (nSPS) is 17.6. The van der Waals surface area contributed by atoms with Crippen molar-refractivity contribution in [3.05, 3.63) is 33.9 Å².